The lowest BCUT2D eigenvalue weighted by atomic mass is 10.2. The molecule has 0 aromatic rings. The fraction of sp³-hybridized carbons (Fsp3) is 0.875. The highest BCUT2D eigenvalue weighted by molar-refractivity contribution is 5.57. The van der Waals surface area contributed by atoms with Crippen molar-refractivity contribution in [3.63, 3.8) is 0 Å². The van der Waals surface area contributed by atoms with Crippen molar-refractivity contribution in [1.82, 2.24) is 4.90 Å². The van der Waals surface area contributed by atoms with E-state index in [0.29, 0.717) is 19.5 Å². The fourth-order valence-corrected chi connectivity index (χ4v) is 1.16. The number of aliphatic hydroxyl groups is 2. The Balaban J connectivity index is 3.92. The fourth-order valence-electron chi connectivity index (χ4n) is 1.16. The summed E-state index contributed by atoms with van der Waals surface area (Å²) in [4.78, 5) is 12.4. The molecule has 1 atom stereocenters. The van der Waals surface area contributed by atoms with Crippen molar-refractivity contribution in [3.8, 4) is 0 Å². The lowest BCUT2D eigenvalue weighted by Gasteiger charge is -2.24. The molecule has 0 aliphatic heterocycles. The first kappa shape index (κ1) is 11.6. The van der Waals surface area contributed by atoms with Crippen molar-refractivity contribution in [2.24, 2.45) is 0 Å². The predicted octanol–water partition coefficient (Wildman–Crippen LogP) is -0.750. The lowest BCUT2D eigenvalue weighted by molar-refractivity contribution is -0.113. The predicted molar refractivity (Wildman–Crippen MR) is 45.9 cm³/mol. The smallest absolute Gasteiger partial charge is 0.137 e. The second kappa shape index (κ2) is 7.21. The van der Waals surface area contributed by atoms with Gasteiger partial charge in [0, 0.05) is 13.2 Å². The van der Waals surface area contributed by atoms with Crippen LogP contribution in [0.15, 0.2) is 0 Å². The summed E-state index contributed by atoms with van der Waals surface area (Å²) in [5.41, 5.74) is 0. The molecule has 0 saturated heterocycles. The number of carbonyl (C=O) groups is 1. The van der Waals surface area contributed by atoms with E-state index in [4.69, 9.17) is 10.2 Å². The van der Waals surface area contributed by atoms with E-state index in [-0.39, 0.29) is 19.3 Å². The zero-order chi connectivity index (χ0) is 9.40. The molecule has 0 bridgehead atoms. The van der Waals surface area contributed by atoms with Gasteiger partial charge in [-0.1, -0.05) is 6.92 Å². The standard InChI is InChI=1S/C8H17NO3/c1-2-9(4-6-11)8(7-12)3-5-10/h7-8,10-11H,2-6H2,1H3. The minimum absolute atomic E-state index is 0.00529. The normalized spacial score (nSPS) is 13.3. The minimum Gasteiger partial charge on any atom is -0.396 e. The van der Waals surface area contributed by atoms with Crippen molar-refractivity contribution in [3.05, 3.63) is 0 Å². The molecule has 4 heteroatoms. The molecule has 0 radical (unpaired) electrons. The van der Waals surface area contributed by atoms with Crippen LogP contribution in [0.4, 0.5) is 0 Å². The number of likely N-dealkylation sites (N-methyl/N-ethyl adjacent to an activating group) is 1. The SMILES string of the molecule is CCN(CCO)C(C=O)CCO. The van der Waals surface area contributed by atoms with Gasteiger partial charge in [-0.2, -0.15) is 0 Å². The summed E-state index contributed by atoms with van der Waals surface area (Å²) < 4.78 is 0. The summed E-state index contributed by atoms with van der Waals surface area (Å²) in [5, 5.41) is 17.3. The molecule has 0 fully saturated rings. The zero-order valence-corrected chi connectivity index (χ0v) is 7.44. The van der Waals surface area contributed by atoms with Gasteiger partial charge in [0.15, 0.2) is 0 Å². The molecular formula is C8H17NO3. The van der Waals surface area contributed by atoms with Gasteiger partial charge in [0.1, 0.15) is 6.29 Å². The van der Waals surface area contributed by atoms with E-state index in [1.165, 1.54) is 0 Å². The van der Waals surface area contributed by atoms with Crippen LogP contribution in [-0.2, 0) is 4.79 Å². The van der Waals surface area contributed by atoms with Gasteiger partial charge in [0.05, 0.1) is 12.6 Å². The third-order valence-corrected chi connectivity index (χ3v) is 1.84. The Morgan fingerprint density at radius 2 is 2.08 bits per heavy atom. The number of aliphatic hydroxyl groups excluding tert-OH is 2. The zero-order valence-electron chi connectivity index (χ0n) is 7.44. The van der Waals surface area contributed by atoms with E-state index in [0.717, 1.165) is 6.29 Å². The molecule has 0 aromatic heterocycles. The highest BCUT2D eigenvalue weighted by atomic mass is 16.3. The molecule has 0 heterocycles. The molecule has 0 spiro atoms. The van der Waals surface area contributed by atoms with E-state index in [9.17, 15) is 4.79 Å². The third kappa shape index (κ3) is 3.80. The number of carbonyl (C=O) groups excluding carboxylic acids is 1. The molecule has 4 nitrogen and oxygen atoms in total. The van der Waals surface area contributed by atoms with Gasteiger partial charge in [-0.25, -0.2) is 0 Å². The summed E-state index contributed by atoms with van der Waals surface area (Å²) in [7, 11) is 0. The van der Waals surface area contributed by atoms with Gasteiger partial charge in [0.25, 0.3) is 0 Å². The first-order valence-corrected chi connectivity index (χ1v) is 4.21. The van der Waals surface area contributed by atoms with Crippen LogP contribution in [0.2, 0.25) is 0 Å². The first-order valence-electron chi connectivity index (χ1n) is 4.21. The number of hydrogen-bond acceptors (Lipinski definition) is 4. The molecule has 2 N–H and O–H groups in total. The monoisotopic (exact) mass is 175 g/mol. The first-order chi connectivity index (χ1) is 5.79. The molecule has 1 unspecified atom stereocenters. The Kier molecular flexibility index (Phi) is 6.94. The van der Waals surface area contributed by atoms with Gasteiger partial charge in [-0.3, -0.25) is 4.90 Å². The van der Waals surface area contributed by atoms with Gasteiger partial charge in [-0.15, -0.1) is 0 Å². The summed E-state index contributed by atoms with van der Waals surface area (Å²) in [6.45, 7) is 3.17. The van der Waals surface area contributed by atoms with Crippen molar-refractivity contribution in [2.45, 2.75) is 19.4 Å². The summed E-state index contributed by atoms with van der Waals surface area (Å²) in [6, 6.07) is -0.257. The van der Waals surface area contributed by atoms with E-state index < -0.39 is 0 Å². The Labute approximate surface area is 72.8 Å². The molecule has 0 saturated carbocycles. The molecule has 0 amide bonds. The Hall–Kier alpha value is -0.450. The average Bonchev–Trinajstić information content (AvgIpc) is 2.11. The van der Waals surface area contributed by atoms with Gasteiger partial charge >= 0.3 is 0 Å². The number of rotatable bonds is 7. The van der Waals surface area contributed by atoms with Gasteiger partial charge in [-0.05, 0) is 13.0 Å². The third-order valence-electron chi connectivity index (χ3n) is 1.84. The second-order valence-electron chi connectivity index (χ2n) is 2.57. The largest absolute Gasteiger partial charge is 0.396 e. The van der Waals surface area contributed by atoms with Crippen molar-refractivity contribution in [1.29, 1.82) is 0 Å². The second-order valence-corrected chi connectivity index (χ2v) is 2.57. The number of nitrogens with zero attached hydrogens (tertiary/aromatic N) is 1. The highest BCUT2D eigenvalue weighted by Crippen LogP contribution is 2.00. The number of aldehydes is 1. The molecule has 0 aromatic carbocycles. The number of hydrogen-bond donors (Lipinski definition) is 2. The minimum atomic E-state index is -0.257. The average molecular weight is 175 g/mol. The summed E-state index contributed by atoms with van der Waals surface area (Å²) in [6.07, 6.45) is 1.26. The molecule has 0 aliphatic rings. The Morgan fingerprint density at radius 3 is 2.42 bits per heavy atom. The van der Waals surface area contributed by atoms with Crippen LogP contribution in [-0.4, -0.2) is 53.7 Å². The molecule has 0 aliphatic carbocycles. The van der Waals surface area contributed by atoms with Crippen molar-refractivity contribution < 1.29 is 15.0 Å². The van der Waals surface area contributed by atoms with Crippen molar-refractivity contribution in [2.75, 3.05) is 26.3 Å². The topological polar surface area (TPSA) is 60.8 Å². The molecule has 0 rings (SSSR count). The van der Waals surface area contributed by atoms with Crippen LogP contribution >= 0.6 is 0 Å². The van der Waals surface area contributed by atoms with Crippen molar-refractivity contribution >= 4 is 6.29 Å². The molecule has 72 valence electrons. The van der Waals surface area contributed by atoms with Crippen LogP contribution < -0.4 is 0 Å². The quantitative estimate of drug-likeness (QED) is 0.500. The van der Waals surface area contributed by atoms with E-state index in [1.807, 2.05) is 11.8 Å². The summed E-state index contributed by atoms with van der Waals surface area (Å²) >= 11 is 0. The lowest BCUT2D eigenvalue weighted by Crippen LogP contribution is -2.38. The van der Waals surface area contributed by atoms with E-state index in [1.54, 1.807) is 0 Å². The van der Waals surface area contributed by atoms with Crippen LogP contribution in [0.25, 0.3) is 0 Å². The maximum absolute atomic E-state index is 10.5. The maximum atomic E-state index is 10.5. The summed E-state index contributed by atoms with van der Waals surface area (Å²) in [5.74, 6) is 0. The maximum Gasteiger partial charge on any atom is 0.137 e. The molecular weight excluding hydrogens is 158 g/mol. The Morgan fingerprint density at radius 1 is 1.42 bits per heavy atom. The molecule has 12 heavy (non-hydrogen) atoms. The van der Waals surface area contributed by atoms with Crippen LogP contribution in [0.5, 0.6) is 0 Å². The van der Waals surface area contributed by atoms with E-state index >= 15 is 0 Å². The Bertz CT molecular complexity index is 119. The van der Waals surface area contributed by atoms with Gasteiger partial charge < -0.3 is 15.0 Å². The van der Waals surface area contributed by atoms with Crippen LogP contribution in [0.1, 0.15) is 13.3 Å². The van der Waals surface area contributed by atoms with Crippen LogP contribution in [0.3, 0.4) is 0 Å². The highest BCUT2D eigenvalue weighted by Gasteiger charge is 2.14. The van der Waals surface area contributed by atoms with Gasteiger partial charge in [0.2, 0.25) is 0 Å². The van der Waals surface area contributed by atoms with E-state index in [2.05, 4.69) is 0 Å². The van der Waals surface area contributed by atoms with Crippen LogP contribution in [0, 0.1) is 0 Å².